The van der Waals surface area contributed by atoms with Crippen LogP contribution in [0.1, 0.15) is 49.8 Å². The molecule has 5 heterocycles. The van der Waals surface area contributed by atoms with E-state index in [1.165, 1.54) is 4.68 Å². The van der Waals surface area contributed by atoms with E-state index < -0.39 is 50.3 Å². The van der Waals surface area contributed by atoms with Crippen molar-refractivity contribution >= 4 is 15.9 Å². The molecule has 4 aliphatic rings. The molecule has 1 spiro atoms. The largest absolute Gasteiger partial charge is 0.494 e. The second-order valence-electron chi connectivity index (χ2n) is 13.5. The highest BCUT2D eigenvalue weighted by Gasteiger charge is 2.49. The van der Waals surface area contributed by atoms with E-state index in [1.807, 2.05) is 18.2 Å². The van der Waals surface area contributed by atoms with Gasteiger partial charge in [0.25, 0.3) is 0 Å². The fourth-order valence-electron chi connectivity index (χ4n) is 7.54. The first-order valence-electron chi connectivity index (χ1n) is 17.1. The third-order valence-electron chi connectivity index (χ3n) is 10.4. The van der Waals surface area contributed by atoms with Crippen molar-refractivity contribution in [1.82, 2.24) is 29.5 Å². The number of ether oxygens (including phenoxy) is 4. The van der Waals surface area contributed by atoms with E-state index in [-0.39, 0.29) is 31.9 Å². The van der Waals surface area contributed by atoms with Crippen LogP contribution in [0.3, 0.4) is 0 Å². The number of nitrogens with one attached hydrogen (secondary N) is 1. The number of amides is 1. The lowest BCUT2D eigenvalue weighted by atomic mass is 9.83. The average molecular weight is 735 g/mol. The number of sulfonamides is 1. The van der Waals surface area contributed by atoms with Crippen LogP contribution >= 0.6 is 0 Å². The average Bonchev–Trinajstić information content (AvgIpc) is 3.79. The summed E-state index contributed by atoms with van der Waals surface area (Å²) in [5.74, 6) is -0.122. The zero-order chi connectivity index (χ0) is 35.8. The molecule has 7 rings (SSSR count). The molecular weight excluding hydrogens is 693 g/mol. The highest BCUT2D eigenvalue weighted by Crippen LogP contribution is 2.39. The second kappa shape index (κ2) is 14.3. The molecule has 0 saturated carbocycles. The van der Waals surface area contributed by atoms with Gasteiger partial charge in [-0.25, -0.2) is 13.1 Å². The summed E-state index contributed by atoms with van der Waals surface area (Å²) >= 11 is 0. The van der Waals surface area contributed by atoms with Gasteiger partial charge < -0.3 is 29.2 Å². The van der Waals surface area contributed by atoms with Crippen molar-refractivity contribution in [2.24, 2.45) is 0 Å². The van der Waals surface area contributed by atoms with E-state index in [9.17, 15) is 26.4 Å². The zero-order valence-electron chi connectivity index (χ0n) is 28.2. The molecule has 0 radical (unpaired) electrons. The van der Waals surface area contributed by atoms with E-state index in [2.05, 4.69) is 20.5 Å². The Morgan fingerprint density at radius 3 is 2.57 bits per heavy atom. The zero-order valence-corrected chi connectivity index (χ0v) is 29.0. The summed E-state index contributed by atoms with van der Waals surface area (Å²) in [6, 6.07) is 8.86. The lowest BCUT2D eigenvalue weighted by Gasteiger charge is -2.46. The van der Waals surface area contributed by atoms with Gasteiger partial charge in [0.15, 0.2) is 0 Å². The number of carbonyl (C=O) groups is 1. The van der Waals surface area contributed by atoms with Gasteiger partial charge in [0, 0.05) is 57.3 Å². The number of alkyl halides is 3. The summed E-state index contributed by atoms with van der Waals surface area (Å²) in [5.41, 5.74) is -0.727. The predicted molar refractivity (Wildman–Crippen MR) is 176 cm³/mol. The van der Waals surface area contributed by atoms with Gasteiger partial charge in [0.2, 0.25) is 15.9 Å². The van der Waals surface area contributed by atoms with Gasteiger partial charge in [0.1, 0.15) is 33.8 Å². The lowest BCUT2D eigenvalue weighted by Crippen LogP contribution is -2.60. The Kier molecular flexibility index (Phi) is 10.0. The van der Waals surface area contributed by atoms with Gasteiger partial charge in [-0.05, 0) is 56.0 Å². The summed E-state index contributed by atoms with van der Waals surface area (Å²) < 4.78 is 95.6. The van der Waals surface area contributed by atoms with E-state index in [0.717, 1.165) is 42.4 Å². The molecule has 2 aromatic carbocycles. The summed E-state index contributed by atoms with van der Waals surface area (Å²) in [4.78, 5) is 16.0. The topological polar surface area (TPSA) is 137 Å². The maximum Gasteiger partial charge on any atom is 0.416 e. The van der Waals surface area contributed by atoms with Gasteiger partial charge in [-0.3, -0.25) is 4.79 Å². The quantitative estimate of drug-likeness (QED) is 0.401. The molecule has 17 heteroatoms. The van der Waals surface area contributed by atoms with Crippen LogP contribution in [0.5, 0.6) is 11.5 Å². The Labute approximate surface area is 294 Å². The van der Waals surface area contributed by atoms with Gasteiger partial charge >= 0.3 is 6.18 Å². The van der Waals surface area contributed by atoms with Crippen molar-refractivity contribution in [3.63, 3.8) is 0 Å². The first kappa shape index (κ1) is 35.6. The maximum atomic E-state index is 14.3. The molecule has 0 bridgehead atoms. The Morgan fingerprint density at radius 1 is 1.06 bits per heavy atom. The molecule has 2 atom stereocenters. The van der Waals surface area contributed by atoms with Crippen molar-refractivity contribution in [2.45, 2.75) is 79.9 Å². The summed E-state index contributed by atoms with van der Waals surface area (Å²) in [7, 11) is -3.13. The van der Waals surface area contributed by atoms with Crippen molar-refractivity contribution in [3.8, 4) is 17.2 Å². The summed E-state index contributed by atoms with van der Waals surface area (Å²) in [6.07, 6.45) is -0.467. The van der Waals surface area contributed by atoms with Crippen molar-refractivity contribution in [3.05, 3.63) is 59.9 Å². The molecule has 3 fully saturated rings. The van der Waals surface area contributed by atoms with Crippen LogP contribution in [-0.2, 0) is 37.1 Å². The minimum atomic E-state index is -4.80. The minimum Gasteiger partial charge on any atom is -0.494 e. The highest BCUT2D eigenvalue weighted by atomic mass is 32.2. The number of piperidine rings is 1. The third kappa shape index (κ3) is 7.44. The first-order valence-corrected chi connectivity index (χ1v) is 18.6. The summed E-state index contributed by atoms with van der Waals surface area (Å²) in [6.45, 7) is 2.57. The maximum absolute atomic E-state index is 14.3. The van der Waals surface area contributed by atoms with E-state index >= 15 is 0 Å². The number of fused-ring (bicyclic) bond motifs is 2. The molecule has 0 aliphatic carbocycles. The number of aromatic nitrogens is 3. The van der Waals surface area contributed by atoms with Crippen LogP contribution in [0.25, 0.3) is 5.69 Å². The second-order valence-corrected chi connectivity index (χ2v) is 15.4. The normalized spacial score (nSPS) is 24.6. The SMILES string of the molecule is COc1ccccc1-n1cc(CO[C@@H]2C[C@H]3C(=O)NC4(CCOc5ccc(C(F)(F)F)cc5S(=O)(=O)N3C2)CCN(C2CCOCC2)CC4)nn1. The van der Waals surface area contributed by atoms with Crippen molar-refractivity contribution in [1.29, 1.82) is 0 Å². The molecule has 1 amide bonds. The monoisotopic (exact) mass is 734 g/mol. The van der Waals surface area contributed by atoms with E-state index in [1.54, 1.807) is 19.4 Å². The number of hydrogen-bond donors (Lipinski definition) is 1. The molecule has 1 N–H and O–H groups in total. The number of likely N-dealkylation sites (tertiary alicyclic amines) is 1. The Hall–Kier alpha value is -3.77. The molecule has 4 aliphatic heterocycles. The number of rotatable bonds is 6. The number of halogens is 3. The van der Waals surface area contributed by atoms with Gasteiger partial charge in [-0.15, -0.1) is 5.10 Å². The summed E-state index contributed by atoms with van der Waals surface area (Å²) in [5, 5.41) is 11.5. The number of para-hydroxylation sites is 2. The number of nitrogens with zero attached hydrogens (tertiary/aromatic N) is 5. The van der Waals surface area contributed by atoms with Crippen LogP contribution in [-0.4, -0.2) is 109 Å². The minimum absolute atomic E-state index is 0.00879. The predicted octanol–water partition coefficient (Wildman–Crippen LogP) is 3.56. The van der Waals surface area contributed by atoms with Crippen LogP contribution in [0.4, 0.5) is 13.2 Å². The fourth-order valence-corrected chi connectivity index (χ4v) is 9.32. The number of methoxy groups -OCH3 is 1. The smallest absolute Gasteiger partial charge is 0.416 e. The number of hydrogen-bond acceptors (Lipinski definition) is 10. The molecule has 276 valence electrons. The van der Waals surface area contributed by atoms with Crippen LogP contribution < -0.4 is 14.8 Å². The molecule has 3 aromatic rings. The molecule has 51 heavy (non-hydrogen) atoms. The molecular formula is C34H41F3N6O7S. The molecule has 3 saturated heterocycles. The van der Waals surface area contributed by atoms with Crippen LogP contribution in [0, 0.1) is 0 Å². The number of benzene rings is 2. The molecule has 13 nitrogen and oxygen atoms in total. The first-order chi connectivity index (χ1) is 24.5. The van der Waals surface area contributed by atoms with Gasteiger partial charge in [-0.1, -0.05) is 17.3 Å². The van der Waals surface area contributed by atoms with E-state index in [4.69, 9.17) is 18.9 Å². The third-order valence-corrected chi connectivity index (χ3v) is 12.3. The van der Waals surface area contributed by atoms with Gasteiger partial charge in [0.05, 0.1) is 38.2 Å². The molecule has 1 aromatic heterocycles. The Morgan fingerprint density at radius 2 is 1.82 bits per heavy atom. The highest BCUT2D eigenvalue weighted by molar-refractivity contribution is 7.89. The lowest BCUT2D eigenvalue weighted by molar-refractivity contribution is -0.137. The molecule has 0 unspecified atom stereocenters. The van der Waals surface area contributed by atoms with Crippen molar-refractivity contribution in [2.75, 3.05) is 46.6 Å². The fraction of sp³-hybridized carbons (Fsp3) is 0.559. The number of carbonyl (C=O) groups excluding carboxylic acids is 1. The van der Waals surface area contributed by atoms with Gasteiger partial charge in [-0.2, -0.15) is 17.5 Å². The van der Waals surface area contributed by atoms with Crippen molar-refractivity contribution < 1.29 is 45.3 Å². The standard InChI is InChI=1S/C34H41F3N6O7S/c1-47-29-5-3-2-4-27(29)42-20-24(39-40-42)22-50-26-19-28-32(44)38-33(10-13-41(14-11-33)25-8-15-48-16-9-25)12-17-49-30-7-6-23(34(35,36)37)18-31(30)51(45,46)43(28)21-26/h2-7,18,20,25-26,28H,8-17,19,21-22H2,1H3,(H,38,44)/t26-,28+/m1/s1. The Balaban J connectivity index is 1.15. The van der Waals surface area contributed by atoms with Crippen LogP contribution in [0.2, 0.25) is 0 Å². The van der Waals surface area contributed by atoms with Crippen LogP contribution in [0.15, 0.2) is 53.6 Å². The van der Waals surface area contributed by atoms with E-state index in [0.29, 0.717) is 61.7 Å². The Bertz CT molecular complexity index is 1830.